The number of carbonyl (C=O) groups is 1. The summed E-state index contributed by atoms with van der Waals surface area (Å²) in [5.41, 5.74) is 5.63. The van der Waals surface area contributed by atoms with Crippen LogP contribution < -0.4 is 20.5 Å². The zero-order valence-electron chi connectivity index (χ0n) is 14.4. The third-order valence-corrected chi connectivity index (χ3v) is 3.36. The maximum Gasteiger partial charge on any atom is 0.422 e. The number of carbonyl (C=O) groups excluding carboxylic acids is 1. The molecule has 0 aromatic heterocycles. The molecule has 144 valence electrons. The maximum atomic E-state index is 12.2. The molecule has 1 atom stereocenters. The Kier molecular flexibility index (Phi) is 9.07. The molecule has 0 saturated carbocycles. The maximum absolute atomic E-state index is 12.2. The molecule has 9 heteroatoms. The number of rotatable bonds is 8. The zero-order chi connectivity index (χ0) is 18.4. The molecule has 0 aliphatic carbocycles. The van der Waals surface area contributed by atoms with Crippen molar-refractivity contribution in [2.24, 2.45) is 5.73 Å². The molecule has 0 saturated heterocycles. The number of methoxy groups -OCH3 is 1. The minimum Gasteiger partial charge on any atom is -0.493 e. The summed E-state index contributed by atoms with van der Waals surface area (Å²) < 4.78 is 46.4. The van der Waals surface area contributed by atoms with Crippen molar-refractivity contribution in [3.05, 3.63) is 23.8 Å². The average molecular weight is 385 g/mol. The second kappa shape index (κ2) is 9.72. The summed E-state index contributed by atoms with van der Waals surface area (Å²) in [6, 6.07) is 4.45. The van der Waals surface area contributed by atoms with Gasteiger partial charge in [-0.1, -0.05) is 19.4 Å². The first-order valence-corrected chi connectivity index (χ1v) is 7.52. The number of nitrogens with two attached hydrogens (primary N) is 1. The van der Waals surface area contributed by atoms with Gasteiger partial charge in [0.25, 0.3) is 0 Å². The largest absolute Gasteiger partial charge is 0.493 e. The van der Waals surface area contributed by atoms with Gasteiger partial charge in [-0.15, -0.1) is 12.4 Å². The van der Waals surface area contributed by atoms with Gasteiger partial charge in [-0.3, -0.25) is 4.79 Å². The molecule has 0 fully saturated rings. The lowest BCUT2D eigenvalue weighted by Crippen LogP contribution is -2.51. The summed E-state index contributed by atoms with van der Waals surface area (Å²) in [4.78, 5) is 12.0. The van der Waals surface area contributed by atoms with E-state index >= 15 is 0 Å². The van der Waals surface area contributed by atoms with Crippen LogP contribution in [0.4, 0.5) is 13.2 Å². The van der Waals surface area contributed by atoms with Crippen LogP contribution in [0.5, 0.6) is 11.5 Å². The molecule has 5 nitrogen and oxygen atoms in total. The second-order valence-corrected chi connectivity index (χ2v) is 5.74. The Balaban J connectivity index is 0.00000576. The van der Waals surface area contributed by atoms with E-state index in [2.05, 4.69) is 5.32 Å². The number of nitrogens with one attached hydrogen (secondary N) is 1. The lowest BCUT2D eigenvalue weighted by molar-refractivity contribution is -0.153. The van der Waals surface area contributed by atoms with Crippen molar-refractivity contribution in [1.29, 1.82) is 0 Å². The molecule has 1 aromatic carbocycles. The van der Waals surface area contributed by atoms with Crippen molar-refractivity contribution in [2.45, 2.75) is 44.9 Å². The fourth-order valence-corrected chi connectivity index (χ4v) is 2.12. The molecule has 3 N–H and O–H groups in total. The Bertz CT molecular complexity index is 566. The van der Waals surface area contributed by atoms with Gasteiger partial charge in [0, 0.05) is 6.54 Å². The summed E-state index contributed by atoms with van der Waals surface area (Å²) in [5.74, 6) is -0.143. The highest BCUT2D eigenvalue weighted by atomic mass is 35.5. The van der Waals surface area contributed by atoms with Crippen LogP contribution in [-0.4, -0.2) is 31.3 Å². The lowest BCUT2D eigenvalue weighted by atomic mass is 9.96. The second-order valence-electron chi connectivity index (χ2n) is 5.74. The van der Waals surface area contributed by atoms with Crippen molar-refractivity contribution in [3.8, 4) is 11.5 Å². The highest BCUT2D eigenvalue weighted by Gasteiger charge is 2.29. The van der Waals surface area contributed by atoms with Crippen LogP contribution in [0.3, 0.4) is 0 Å². The van der Waals surface area contributed by atoms with Crippen LogP contribution in [0.2, 0.25) is 0 Å². The van der Waals surface area contributed by atoms with Gasteiger partial charge in [0.05, 0.1) is 12.6 Å². The molecule has 0 aliphatic heterocycles. The van der Waals surface area contributed by atoms with E-state index < -0.39 is 18.3 Å². The van der Waals surface area contributed by atoms with Gasteiger partial charge in [0.2, 0.25) is 5.91 Å². The normalized spacial score (nSPS) is 13.4. The number of hydrogen-bond donors (Lipinski definition) is 2. The zero-order valence-corrected chi connectivity index (χ0v) is 15.2. The van der Waals surface area contributed by atoms with E-state index in [0.29, 0.717) is 12.0 Å². The van der Waals surface area contributed by atoms with Crippen LogP contribution in [0.15, 0.2) is 18.2 Å². The van der Waals surface area contributed by atoms with Crippen LogP contribution in [0, 0.1) is 0 Å². The van der Waals surface area contributed by atoms with Crippen LogP contribution in [0.25, 0.3) is 0 Å². The smallest absolute Gasteiger partial charge is 0.422 e. The molecule has 0 aliphatic rings. The van der Waals surface area contributed by atoms with Crippen molar-refractivity contribution in [1.82, 2.24) is 5.32 Å². The molecular formula is C16H24ClF3N2O3. The highest BCUT2D eigenvalue weighted by molar-refractivity contribution is 5.85. The first-order chi connectivity index (χ1) is 11.1. The van der Waals surface area contributed by atoms with Gasteiger partial charge in [-0.2, -0.15) is 13.2 Å². The Hall–Kier alpha value is -1.67. The molecule has 0 spiro atoms. The average Bonchev–Trinajstić information content (AvgIpc) is 2.49. The van der Waals surface area contributed by atoms with E-state index in [-0.39, 0.29) is 36.4 Å². The Morgan fingerprint density at radius 2 is 1.92 bits per heavy atom. The molecule has 0 radical (unpaired) electrons. The standard InChI is InChI=1S/C16H23F3N2O3.ClH/c1-4-7-15(2,20)14(22)21-9-11-5-6-12(13(8-11)23-3)24-10-16(17,18)19;/h5-6,8H,4,7,9-10,20H2,1-3H3,(H,21,22);1H. The number of halogens is 4. The first-order valence-electron chi connectivity index (χ1n) is 7.52. The predicted molar refractivity (Wildman–Crippen MR) is 91.1 cm³/mol. The molecule has 1 amide bonds. The van der Waals surface area contributed by atoms with E-state index in [1.54, 1.807) is 13.0 Å². The third-order valence-electron chi connectivity index (χ3n) is 3.36. The van der Waals surface area contributed by atoms with Gasteiger partial charge in [-0.05, 0) is 31.0 Å². The molecule has 0 bridgehead atoms. The van der Waals surface area contributed by atoms with Crippen LogP contribution in [-0.2, 0) is 11.3 Å². The Morgan fingerprint density at radius 1 is 1.28 bits per heavy atom. The third kappa shape index (κ3) is 7.83. The number of ether oxygens (including phenoxy) is 2. The van der Waals surface area contributed by atoms with Gasteiger partial charge in [0.15, 0.2) is 18.1 Å². The molecule has 1 aromatic rings. The predicted octanol–water partition coefficient (Wildman–Crippen LogP) is 3.19. The summed E-state index contributed by atoms with van der Waals surface area (Å²) in [7, 11) is 1.33. The molecule has 1 unspecified atom stereocenters. The molecular weight excluding hydrogens is 361 g/mol. The van der Waals surface area contributed by atoms with Gasteiger partial charge in [0.1, 0.15) is 0 Å². The van der Waals surface area contributed by atoms with E-state index in [1.807, 2.05) is 6.92 Å². The topological polar surface area (TPSA) is 73.6 Å². The fourth-order valence-electron chi connectivity index (χ4n) is 2.12. The molecule has 25 heavy (non-hydrogen) atoms. The van der Waals surface area contributed by atoms with Crippen LogP contribution in [0.1, 0.15) is 32.3 Å². The molecule has 0 heterocycles. The summed E-state index contributed by atoms with van der Waals surface area (Å²) in [6.45, 7) is 2.37. The van der Waals surface area contributed by atoms with Gasteiger partial charge < -0.3 is 20.5 Å². The van der Waals surface area contributed by atoms with E-state index in [0.717, 1.165) is 6.42 Å². The van der Waals surface area contributed by atoms with Crippen molar-refractivity contribution in [3.63, 3.8) is 0 Å². The first kappa shape index (κ1) is 23.3. The van der Waals surface area contributed by atoms with E-state index in [1.165, 1.54) is 19.2 Å². The number of hydrogen-bond acceptors (Lipinski definition) is 4. The Morgan fingerprint density at radius 3 is 2.44 bits per heavy atom. The van der Waals surface area contributed by atoms with Crippen molar-refractivity contribution in [2.75, 3.05) is 13.7 Å². The highest BCUT2D eigenvalue weighted by Crippen LogP contribution is 2.29. The van der Waals surface area contributed by atoms with Gasteiger partial charge in [-0.25, -0.2) is 0 Å². The number of benzene rings is 1. The fraction of sp³-hybridized carbons (Fsp3) is 0.562. The quantitative estimate of drug-likeness (QED) is 0.722. The summed E-state index contributed by atoms with van der Waals surface area (Å²) in [6.07, 6.45) is -3.10. The lowest BCUT2D eigenvalue weighted by Gasteiger charge is -2.23. The van der Waals surface area contributed by atoms with Crippen LogP contribution >= 0.6 is 12.4 Å². The van der Waals surface area contributed by atoms with Crippen molar-refractivity contribution >= 4 is 18.3 Å². The summed E-state index contributed by atoms with van der Waals surface area (Å²) >= 11 is 0. The summed E-state index contributed by atoms with van der Waals surface area (Å²) in [5, 5.41) is 2.71. The van der Waals surface area contributed by atoms with E-state index in [4.69, 9.17) is 15.2 Å². The SMILES string of the molecule is CCCC(C)(N)C(=O)NCc1ccc(OCC(F)(F)F)c(OC)c1.Cl. The number of alkyl halides is 3. The number of amides is 1. The molecule has 1 rings (SSSR count). The monoisotopic (exact) mass is 384 g/mol. The minimum absolute atomic E-state index is 0. The minimum atomic E-state index is -4.43. The van der Waals surface area contributed by atoms with Gasteiger partial charge >= 0.3 is 6.18 Å². The Labute approximate surface area is 151 Å². The van der Waals surface area contributed by atoms with E-state index in [9.17, 15) is 18.0 Å². The van der Waals surface area contributed by atoms with Crippen molar-refractivity contribution < 1.29 is 27.4 Å².